The van der Waals surface area contributed by atoms with Crippen LogP contribution in [0.15, 0.2) is 48.5 Å². The first kappa shape index (κ1) is 13.2. The zero-order valence-electron chi connectivity index (χ0n) is 11.5. The lowest BCUT2D eigenvalue weighted by Crippen LogP contribution is -2.33. The van der Waals surface area contributed by atoms with Gasteiger partial charge >= 0.3 is 0 Å². The second-order valence-electron chi connectivity index (χ2n) is 5.07. The number of anilines is 2. The second kappa shape index (κ2) is 5.68. The summed E-state index contributed by atoms with van der Waals surface area (Å²) in [5, 5.41) is 15.1. The monoisotopic (exact) mass is 277 g/mol. The molecule has 21 heavy (non-hydrogen) atoms. The molecular weight excluding hydrogens is 262 g/mol. The molecule has 0 bridgehead atoms. The van der Waals surface area contributed by atoms with Crippen molar-refractivity contribution < 1.29 is 4.79 Å². The van der Waals surface area contributed by atoms with Crippen molar-refractivity contribution in [2.75, 3.05) is 10.6 Å². The van der Waals surface area contributed by atoms with Crippen molar-refractivity contribution in [2.45, 2.75) is 18.9 Å². The Morgan fingerprint density at radius 1 is 1.19 bits per heavy atom. The number of rotatable bonds is 2. The highest BCUT2D eigenvalue weighted by Crippen LogP contribution is 2.23. The van der Waals surface area contributed by atoms with E-state index < -0.39 is 0 Å². The maximum Gasteiger partial charge on any atom is 0.246 e. The predicted molar refractivity (Wildman–Crippen MR) is 82.0 cm³/mol. The van der Waals surface area contributed by atoms with Gasteiger partial charge < -0.3 is 10.6 Å². The number of fused-ring (bicyclic) bond motifs is 1. The Labute approximate surface area is 123 Å². The van der Waals surface area contributed by atoms with E-state index in [4.69, 9.17) is 5.26 Å². The SMILES string of the molecule is N#Cc1cccc(NC2CCc3ccccc3NC2=O)c1. The number of hydrogen-bond acceptors (Lipinski definition) is 3. The molecule has 1 heterocycles. The van der Waals surface area contributed by atoms with E-state index in [0.717, 1.165) is 29.8 Å². The highest BCUT2D eigenvalue weighted by molar-refractivity contribution is 5.97. The Morgan fingerprint density at radius 3 is 2.90 bits per heavy atom. The molecule has 0 radical (unpaired) electrons. The minimum absolute atomic E-state index is 0.0395. The lowest BCUT2D eigenvalue weighted by molar-refractivity contribution is -0.116. The molecule has 0 spiro atoms. The molecule has 3 rings (SSSR count). The lowest BCUT2D eigenvalue weighted by atomic mass is 10.1. The zero-order chi connectivity index (χ0) is 14.7. The van der Waals surface area contributed by atoms with Crippen molar-refractivity contribution in [3.8, 4) is 6.07 Å². The van der Waals surface area contributed by atoms with Gasteiger partial charge in [0.1, 0.15) is 6.04 Å². The largest absolute Gasteiger partial charge is 0.374 e. The number of carbonyl (C=O) groups excluding carboxylic acids is 1. The molecule has 0 saturated carbocycles. The molecule has 4 heteroatoms. The number of nitrogens with one attached hydrogen (secondary N) is 2. The van der Waals surface area contributed by atoms with Crippen molar-refractivity contribution in [3.63, 3.8) is 0 Å². The maximum absolute atomic E-state index is 12.3. The molecule has 2 N–H and O–H groups in total. The number of carbonyl (C=O) groups is 1. The Balaban J connectivity index is 1.78. The van der Waals surface area contributed by atoms with Crippen LogP contribution < -0.4 is 10.6 Å². The van der Waals surface area contributed by atoms with Gasteiger partial charge in [0.2, 0.25) is 5.91 Å². The fraction of sp³-hybridized carbons (Fsp3) is 0.176. The first-order valence-electron chi connectivity index (χ1n) is 6.92. The average Bonchev–Trinajstić information content (AvgIpc) is 2.67. The normalized spacial score (nSPS) is 17.1. The van der Waals surface area contributed by atoms with Gasteiger partial charge in [-0.2, -0.15) is 5.26 Å². The summed E-state index contributed by atoms with van der Waals surface area (Å²) < 4.78 is 0. The third-order valence-electron chi connectivity index (χ3n) is 3.63. The summed E-state index contributed by atoms with van der Waals surface area (Å²) in [7, 11) is 0. The van der Waals surface area contributed by atoms with Gasteiger partial charge in [-0.15, -0.1) is 0 Å². The van der Waals surface area contributed by atoms with E-state index in [1.165, 1.54) is 0 Å². The van der Waals surface area contributed by atoms with Crippen LogP contribution in [0.3, 0.4) is 0 Å². The number of nitrogens with zero attached hydrogens (tertiary/aromatic N) is 1. The van der Waals surface area contributed by atoms with E-state index in [0.29, 0.717) is 5.56 Å². The highest BCUT2D eigenvalue weighted by Gasteiger charge is 2.23. The van der Waals surface area contributed by atoms with Crippen LogP contribution in [0.25, 0.3) is 0 Å². The van der Waals surface area contributed by atoms with E-state index in [1.807, 2.05) is 36.4 Å². The fourth-order valence-electron chi connectivity index (χ4n) is 2.53. The molecule has 4 nitrogen and oxygen atoms in total. The smallest absolute Gasteiger partial charge is 0.246 e. The van der Waals surface area contributed by atoms with Crippen molar-refractivity contribution in [1.82, 2.24) is 0 Å². The van der Waals surface area contributed by atoms with E-state index in [9.17, 15) is 4.79 Å². The molecule has 1 unspecified atom stereocenters. The summed E-state index contributed by atoms with van der Waals surface area (Å²) in [6, 6.07) is 16.8. The Hall–Kier alpha value is -2.80. The fourth-order valence-corrected chi connectivity index (χ4v) is 2.53. The first-order chi connectivity index (χ1) is 10.3. The molecule has 0 fully saturated rings. The minimum Gasteiger partial charge on any atom is -0.374 e. The molecule has 0 saturated heterocycles. The maximum atomic E-state index is 12.3. The molecule has 1 aliphatic rings. The Kier molecular flexibility index (Phi) is 3.57. The zero-order valence-corrected chi connectivity index (χ0v) is 11.5. The summed E-state index contributed by atoms with van der Waals surface area (Å²) in [5.41, 5.74) is 3.41. The lowest BCUT2D eigenvalue weighted by Gasteiger charge is -2.16. The van der Waals surface area contributed by atoms with Crippen LogP contribution in [0.5, 0.6) is 0 Å². The van der Waals surface area contributed by atoms with Crippen molar-refractivity contribution in [3.05, 3.63) is 59.7 Å². The molecule has 2 aromatic rings. The van der Waals surface area contributed by atoms with Gasteiger partial charge in [-0.25, -0.2) is 0 Å². The molecule has 1 amide bonds. The van der Waals surface area contributed by atoms with Gasteiger partial charge in [-0.1, -0.05) is 24.3 Å². The molecule has 1 aliphatic heterocycles. The van der Waals surface area contributed by atoms with E-state index in [-0.39, 0.29) is 11.9 Å². The van der Waals surface area contributed by atoms with Crippen LogP contribution in [0.4, 0.5) is 11.4 Å². The van der Waals surface area contributed by atoms with Crippen molar-refractivity contribution >= 4 is 17.3 Å². The number of para-hydroxylation sites is 1. The summed E-state index contributed by atoms with van der Waals surface area (Å²) in [6.45, 7) is 0. The second-order valence-corrected chi connectivity index (χ2v) is 5.07. The predicted octanol–water partition coefficient (Wildman–Crippen LogP) is 2.92. The van der Waals surface area contributed by atoms with Crippen molar-refractivity contribution in [2.24, 2.45) is 0 Å². The first-order valence-corrected chi connectivity index (χ1v) is 6.92. The number of amides is 1. The number of nitriles is 1. The molecule has 2 aromatic carbocycles. The third-order valence-corrected chi connectivity index (χ3v) is 3.63. The summed E-state index contributed by atoms with van der Waals surface area (Å²) in [4.78, 5) is 12.3. The van der Waals surface area contributed by atoms with Crippen LogP contribution >= 0.6 is 0 Å². The van der Waals surface area contributed by atoms with E-state index in [2.05, 4.69) is 16.7 Å². The summed E-state index contributed by atoms with van der Waals surface area (Å²) in [6.07, 6.45) is 1.56. The van der Waals surface area contributed by atoms with Gasteiger partial charge in [-0.3, -0.25) is 4.79 Å². The average molecular weight is 277 g/mol. The van der Waals surface area contributed by atoms with Gasteiger partial charge in [-0.05, 0) is 42.7 Å². The Bertz CT molecular complexity index is 718. The van der Waals surface area contributed by atoms with Crippen LogP contribution in [0.1, 0.15) is 17.5 Å². The number of benzene rings is 2. The summed E-state index contributed by atoms with van der Waals surface area (Å²) >= 11 is 0. The van der Waals surface area contributed by atoms with Gasteiger partial charge in [0.15, 0.2) is 0 Å². The number of aryl methyl sites for hydroxylation is 1. The molecular formula is C17H15N3O. The highest BCUT2D eigenvalue weighted by atomic mass is 16.2. The quantitative estimate of drug-likeness (QED) is 0.887. The van der Waals surface area contributed by atoms with Crippen LogP contribution in [-0.4, -0.2) is 11.9 Å². The topological polar surface area (TPSA) is 64.9 Å². The third kappa shape index (κ3) is 2.87. The van der Waals surface area contributed by atoms with Crippen LogP contribution in [0.2, 0.25) is 0 Å². The molecule has 1 atom stereocenters. The minimum atomic E-state index is -0.300. The number of hydrogen-bond donors (Lipinski definition) is 2. The molecule has 0 aromatic heterocycles. The van der Waals surface area contributed by atoms with E-state index >= 15 is 0 Å². The van der Waals surface area contributed by atoms with Crippen LogP contribution in [0, 0.1) is 11.3 Å². The van der Waals surface area contributed by atoms with Gasteiger partial charge in [0.25, 0.3) is 0 Å². The van der Waals surface area contributed by atoms with Gasteiger partial charge in [0, 0.05) is 11.4 Å². The Morgan fingerprint density at radius 2 is 2.05 bits per heavy atom. The van der Waals surface area contributed by atoms with Crippen molar-refractivity contribution in [1.29, 1.82) is 5.26 Å². The van der Waals surface area contributed by atoms with E-state index in [1.54, 1.807) is 12.1 Å². The van der Waals surface area contributed by atoms with Crippen LogP contribution in [-0.2, 0) is 11.2 Å². The molecule has 0 aliphatic carbocycles. The van der Waals surface area contributed by atoms with Gasteiger partial charge in [0.05, 0.1) is 11.6 Å². The summed E-state index contributed by atoms with van der Waals surface area (Å²) in [5.74, 6) is -0.0395. The molecule has 104 valence electrons. The standard InChI is InChI=1S/C17H15N3O/c18-11-12-4-3-6-14(10-12)19-16-9-8-13-5-1-2-7-15(13)20-17(16)21/h1-7,10,16,19H,8-9H2,(H,20,21).